The van der Waals surface area contributed by atoms with Gasteiger partial charge in [-0.05, 0) is 51.2 Å². The molecule has 0 saturated carbocycles. The molecule has 1 aliphatic heterocycles. The highest BCUT2D eigenvalue weighted by Crippen LogP contribution is 2.30. The van der Waals surface area contributed by atoms with Crippen LogP contribution in [0.2, 0.25) is 0 Å². The first kappa shape index (κ1) is 18.0. The minimum absolute atomic E-state index is 0.192. The SMILES string of the molecule is CC(C)=CCC[C@@H](C)C/C=N\NC(=O)[C@@H]1COc2ccccc2O1. The molecule has 5 nitrogen and oxygen atoms in total. The first-order chi connectivity index (χ1) is 11.6. The minimum Gasteiger partial charge on any atom is -0.485 e. The van der Waals surface area contributed by atoms with E-state index >= 15 is 0 Å². The molecule has 0 bridgehead atoms. The average molecular weight is 330 g/mol. The van der Waals surface area contributed by atoms with Crippen LogP contribution in [0, 0.1) is 5.92 Å². The Morgan fingerprint density at radius 1 is 1.38 bits per heavy atom. The molecule has 2 atom stereocenters. The van der Waals surface area contributed by atoms with Crippen molar-refractivity contribution < 1.29 is 14.3 Å². The number of nitrogens with one attached hydrogen (secondary N) is 1. The van der Waals surface area contributed by atoms with Crippen LogP contribution in [0.5, 0.6) is 11.5 Å². The monoisotopic (exact) mass is 330 g/mol. The molecule has 1 aromatic rings. The van der Waals surface area contributed by atoms with Crippen molar-refractivity contribution in [3.05, 3.63) is 35.9 Å². The van der Waals surface area contributed by atoms with Crippen LogP contribution in [0.4, 0.5) is 0 Å². The molecule has 1 heterocycles. The van der Waals surface area contributed by atoms with Crippen molar-refractivity contribution in [1.82, 2.24) is 5.43 Å². The van der Waals surface area contributed by atoms with Gasteiger partial charge in [0, 0.05) is 6.21 Å². The van der Waals surface area contributed by atoms with Gasteiger partial charge in [0.05, 0.1) is 0 Å². The summed E-state index contributed by atoms with van der Waals surface area (Å²) in [5.41, 5.74) is 3.87. The van der Waals surface area contributed by atoms with Gasteiger partial charge < -0.3 is 9.47 Å². The number of fused-ring (bicyclic) bond motifs is 1. The van der Waals surface area contributed by atoms with E-state index in [1.54, 1.807) is 12.3 Å². The van der Waals surface area contributed by atoms with Crippen LogP contribution in [0.3, 0.4) is 0 Å². The Morgan fingerprint density at radius 2 is 2.12 bits per heavy atom. The predicted octanol–water partition coefficient (Wildman–Crippen LogP) is 3.70. The summed E-state index contributed by atoms with van der Waals surface area (Å²) in [5.74, 6) is 1.48. The molecule has 24 heavy (non-hydrogen) atoms. The van der Waals surface area contributed by atoms with Crippen molar-refractivity contribution in [1.29, 1.82) is 0 Å². The smallest absolute Gasteiger partial charge is 0.284 e. The number of para-hydroxylation sites is 2. The van der Waals surface area contributed by atoms with Gasteiger partial charge in [0.15, 0.2) is 11.5 Å². The molecule has 0 fully saturated rings. The summed E-state index contributed by atoms with van der Waals surface area (Å²) in [6.07, 6.45) is 6.35. The Kier molecular flexibility index (Phi) is 6.85. The third kappa shape index (κ3) is 5.72. The van der Waals surface area contributed by atoms with E-state index in [4.69, 9.17) is 9.47 Å². The number of hydrogen-bond acceptors (Lipinski definition) is 4. The average Bonchev–Trinajstić information content (AvgIpc) is 2.57. The van der Waals surface area contributed by atoms with Crippen LogP contribution in [-0.2, 0) is 4.79 Å². The molecule has 0 saturated heterocycles. The summed E-state index contributed by atoms with van der Waals surface area (Å²) < 4.78 is 11.2. The quantitative estimate of drug-likeness (QED) is 0.471. The van der Waals surface area contributed by atoms with Crippen molar-refractivity contribution in [3.63, 3.8) is 0 Å². The van der Waals surface area contributed by atoms with Crippen LogP contribution in [0.15, 0.2) is 41.0 Å². The first-order valence-electron chi connectivity index (χ1n) is 8.39. The molecule has 0 aromatic heterocycles. The fraction of sp³-hybridized carbons (Fsp3) is 0.474. The predicted molar refractivity (Wildman–Crippen MR) is 95.4 cm³/mol. The Morgan fingerprint density at radius 3 is 2.88 bits per heavy atom. The lowest BCUT2D eigenvalue weighted by molar-refractivity contribution is -0.130. The summed E-state index contributed by atoms with van der Waals surface area (Å²) >= 11 is 0. The van der Waals surface area contributed by atoms with E-state index in [-0.39, 0.29) is 12.5 Å². The van der Waals surface area contributed by atoms with Crippen molar-refractivity contribution >= 4 is 12.1 Å². The van der Waals surface area contributed by atoms with Gasteiger partial charge in [-0.1, -0.05) is 30.7 Å². The standard InChI is InChI=1S/C19H26N2O3/c1-14(2)7-6-8-15(3)11-12-20-21-19(22)18-13-23-16-9-4-5-10-17(16)24-18/h4-5,7,9-10,12,15,18H,6,8,11,13H2,1-3H3,(H,21,22)/b20-12-/t15-,18+/m1/s1. The second-order valence-corrected chi connectivity index (χ2v) is 6.35. The Bertz CT molecular complexity index is 606. The Labute approximate surface area is 143 Å². The molecule has 130 valence electrons. The van der Waals surface area contributed by atoms with E-state index in [0.29, 0.717) is 17.4 Å². The second-order valence-electron chi connectivity index (χ2n) is 6.35. The molecule has 1 aliphatic rings. The van der Waals surface area contributed by atoms with Gasteiger partial charge in [0.1, 0.15) is 6.61 Å². The summed E-state index contributed by atoms with van der Waals surface area (Å²) in [7, 11) is 0. The summed E-state index contributed by atoms with van der Waals surface area (Å²) in [6.45, 7) is 6.59. The zero-order valence-corrected chi connectivity index (χ0v) is 14.6. The summed E-state index contributed by atoms with van der Waals surface area (Å²) in [5, 5.41) is 4.01. The van der Waals surface area contributed by atoms with Gasteiger partial charge in [0.25, 0.3) is 5.91 Å². The minimum atomic E-state index is -0.674. The number of amides is 1. The number of carbonyl (C=O) groups excluding carboxylic acids is 1. The summed E-state index contributed by atoms with van der Waals surface area (Å²) in [6, 6.07) is 7.31. The molecule has 0 spiro atoms. The van der Waals surface area contributed by atoms with Gasteiger partial charge >= 0.3 is 0 Å². The number of allylic oxidation sites excluding steroid dienone is 2. The number of hydrogen-bond donors (Lipinski definition) is 1. The van der Waals surface area contributed by atoms with Crippen LogP contribution >= 0.6 is 0 Å². The van der Waals surface area contributed by atoms with Gasteiger partial charge in [0.2, 0.25) is 6.10 Å². The van der Waals surface area contributed by atoms with Crippen molar-refractivity contribution in [2.24, 2.45) is 11.0 Å². The Balaban J connectivity index is 1.71. The van der Waals surface area contributed by atoms with E-state index in [0.717, 1.165) is 19.3 Å². The highest BCUT2D eigenvalue weighted by molar-refractivity contribution is 5.82. The zero-order valence-electron chi connectivity index (χ0n) is 14.6. The maximum Gasteiger partial charge on any atom is 0.284 e. The number of carbonyl (C=O) groups is 1. The lowest BCUT2D eigenvalue weighted by atomic mass is 10.0. The van der Waals surface area contributed by atoms with Crippen molar-refractivity contribution in [3.8, 4) is 11.5 Å². The van der Waals surface area contributed by atoms with E-state index in [2.05, 4.69) is 37.4 Å². The van der Waals surface area contributed by atoms with Gasteiger partial charge in [-0.2, -0.15) is 5.10 Å². The molecule has 1 aromatic carbocycles. The molecular formula is C19H26N2O3. The van der Waals surface area contributed by atoms with Crippen molar-refractivity contribution in [2.75, 3.05) is 6.61 Å². The van der Waals surface area contributed by atoms with Gasteiger partial charge in [-0.15, -0.1) is 0 Å². The normalized spacial score (nSPS) is 17.4. The molecule has 0 radical (unpaired) electrons. The molecule has 0 unspecified atom stereocenters. The van der Waals surface area contributed by atoms with Gasteiger partial charge in [-0.3, -0.25) is 4.79 Å². The molecule has 2 rings (SSSR count). The zero-order chi connectivity index (χ0) is 17.4. The molecular weight excluding hydrogens is 304 g/mol. The van der Waals surface area contributed by atoms with Crippen LogP contribution < -0.4 is 14.9 Å². The summed E-state index contributed by atoms with van der Waals surface area (Å²) in [4.78, 5) is 12.1. The lowest BCUT2D eigenvalue weighted by Crippen LogP contribution is -2.42. The molecule has 5 heteroatoms. The fourth-order valence-corrected chi connectivity index (χ4v) is 2.34. The van der Waals surface area contributed by atoms with Crippen LogP contribution in [0.1, 0.15) is 40.0 Å². The maximum absolute atomic E-state index is 12.1. The van der Waals surface area contributed by atoms with E-state index in [9.17, 15) is 4.79 Å². The molecule has 1 N–H and O–H groups in total. The molecule has 1 amide bonds. The second kappa shape index (κ2) is 9.11. The van der Waals surface area contributed by atoms with Crippen LogP contribution in [-0.4, -0.2) is 24.8 Å². The highest BCUT2D eigenvalue weighted by atomic mass is 16.6. The number of nitrogens with zero attached hydrogens (tertiary/aromatic N) is 1. The third-order valence-electron chi connectivity index (χ3n) is 3.79. The third-order valence-corrected chi connectivity index (χ3v) is 3.79. The fourth-order valence-electron chi connectivity index (χ4n) is 2.34. The van der Waals surface area contributed by atoms with E-state index in [1.165, 1.54) is 5.57 Å². The topological polar surface area (TPSA) is 59.9 Å². The number of rotatable bonds is 7. The highest BCUT2D eigenvalue weighted by Gasteiger charge is 2.26. The first-order valence-corrected chi connectivity index (χ1v) is 8.39. The van der Waals surface area contributed by atoms with E-state index < -0.39 is 6.10 Å². The Hall–Kier alpha value is -2.30. The number of hydrazone groups is 1. The maximum atomic E-state index is 12.1. The van der Waals surface area contributed by atoms with E-state index in [1.807, 2.05) is 18.2 Å². The van der Waals surface area contributed by atoms with Gasteiger partial charge in [-0.25, -0.2) is 5.43 Å². The lowest BCUT2D eigenvalue weighted by Gasteiger charge is -2.24. The van der Waals surface area contributed by atoms with Crippen molar-refractivity contribution in [2.45, 2.75) is 46.1 Å². The largest absolute Gasteiger partial charge is 0.485 e. The van der Waals surface area contributed by atoms with Crippen LogP contribution in [0.25, 0.3) is 0 Å². The number of ether oxygens (including phenoxy) is 2. The number of benzene rings is 1. The molecule has 0 aliphatic carbocycles.